The minimum absolute atomic E-state index is 0. The van der Waals surface area contributed by atoms with Crippen molar-refractivity contribution >= 4 is 29.6 Å². The summed E-state index contributed by atoms with van der Waals surface area (Å²) in [5, 5.41) is 37.5. The lowest BCUT2D eigenvalue weighted by molar-refractivity contribution is -0.0228. The maximum atomic E-state index is 9.76. The van der Waals surface area contributed by atoms with Crippen LogP contribution in [0.3, 0.4) is 0 Å². The summed E-state index contributed by atoms with van der Waals surface area (Å²) in [6, 6.07) is 0. The molecular weight excluding hydrogens is 282 g/mol. The lowest BCUT2D eigenvalue weighted by Crippen LogP contribution is -2.32. The molecule has 1 saturated heterocycles. The Kier molecular flexibility index (Phi) is 5.02. The molecule has 1 aliphatic heterocycles. The van der Waals surface area contributed by atoms with E-state index < -0.39 is 24.4 Å². The van der Waals surface area contributed by atoms with Gasteiger partial charge >= 0.3 is 0 Å². The molecule has 7 nitrogen and oxygen atoms in total. The zero-order valence-electron chi connectivity index (χ0n) is 9.18. The van der Waals surface area contributed by atoms with E-state index in [1.165, 1.54) is 11.3 Å². The zero-order chi connectivity index (χ0) is 12.6. The highest BCUT2D eigenvalue weighted by atomic mass is 35.5. The minimum Gasteiger partial charge on any atom is -0.394 e. The SMILES string of the molecule is Cl.N=C(N)c1csc([C@@H]2O[C@H](CO)[C@@H](O)[C@H]2O)n1. The number of aliphatic hydroxyl groups excluding tert-OH is 3. The van der Waals surface area contributed by atoms with Crippen LogP contribution in [0.5, 0.6) is 0 Å². The van der Waals surface area contributed by atoms with Gasteiger partial charge in [-0.3, -0.25) is 5.41 Å². The molecule has 0 aliphatic carbocycles. The number of nitrogens with zero attached hydrogens (tertiary/aromatic N) is 1. The summed E-state index contributed by atoms with van der Waals surface area (Å²) in [5.74, 6) is -0.167. The molecule has 1 aromatic heterocycles. The Bertz CT molecular complexity index is 430. The monoisotopic (exact) mass is 295 g/mol. The number of aliphatic hydroxyl groups is 3. The first-order valence-electron chi connectivity index (χ1n) is 4.97. The third-order valence-electron chi connectivity index (χ3n) is 2.58. The molecule has 0 spiro atoms. The molecule has 18 heavy (non-hydrogen) atoms. The van der Waals surface area contributed by atoms with E-state index in [1.54, 1.807) is 5.38 Å². The fourth-order valence-electron chi connectivity index (χ4n) is 1.65. The molecular formula is C9H14ClN3O4S. The number of hydrogen-bond donors (Lipinski definition) is 5. The highest BCUT2D eigenvalue weighted by Gasteiger charge is 2.44. The van der Waals surface area contributed by atoms with E-state index in [4.69, 9.17) is 21.0 Å². The number of nitrogen functional groups attached to an aromatic ring is 1. The number of rotatable bonds is 3. The van der Waals surface area contributed by atoms with Crippen LogP contribution >= 0.6 is 23.7 Å². The molecule has 0 radical (unpaired) electrons. The van der Waals surface area contributed by atoms with Crippen LogP contribution in [0, 0.1) is 5.41 Å². The fourth-order valence-corrected chi connectivity index (χ4v) is 2.54. The van der Waals surface area contributed by atoms with Crippen molar-refractivity contribution in [2.75, 3.05) is 6.61 Å². The van der Waals surface area contributed by atoms with E-state index in [0.717, 1.165) is 0 Å². The van der Waals surface area contributed by atoms with Gasteiger partial charge in [0.05, 0.1) is 6.61 Å². The van der Waals surface area contributed by atoms with E-state index in [1.807, 2.05) is 0 Å². The normalized spacial score (nSPS) is 31.1. The third kappa shape index (κ3) is 2.63. The van der Waals surface area contributed by atoms with E-state index in [-0.39, 0.29) is 24.8 Å². The second-order valence-corrected chi connectivity index (χ2v) is 4.63. The zero-order valence-corrected chi connectivity index (χ0v) is 10.8. The summed E-state index contributed by atoms with van der Waals surface area (Å²) in [6.07, 6.45) is -3.90. The predicted molar refractivity (Wildman–Crippen MR) is 67.1 cm³/mol. The molecule has 0 unspecified atom stereocenters. The average molecular weight is 296 g/mol. The number of halogens is 1. The summed E-state index contributed by atoms with van der Waals surface area (Å²) in [7, 11) is 0. The van der Waals surface area contributed by atoms with Gasteiger partial charge in [-0.05, 0) is 0 Å². The lowest BCUT2D eigenvalue weighted by atomic mass is 10.1. The molecule has 0 saturated carbocycles. The summed E-state index contributed by atoms with van der Waals surface area (Å²) >= 11 is 1.18. The van der Waals surface area contributed by atoms with Gasteiger partial charge in [-0.25, -0.2) is 4.98 Å². The fraction of sp³-hybridized carbons (Fsp3) is 0.556. The van der Waals surface area contributed by atoms with Crippen molar-refractivity contribution in [1.29, 1.82) is 5.41 Å². The topological polar surface area (TPSA) is 133 Å². The van der Waals surface area contributed by atoms with Gasteiger partial charge in [-0.15, -0.1) is 23.7 Å². The number of nitrogens with one attached hydrogen (secondary N) is 1. The van der Waals surface area contributed by atoms with Crippen molar-refractivity contribution in [3.05, 3.63) is 16.1 Å². The van der Waals surface area contributed by atoms with E-state index in [2.05, 4.69) is 4.98 Å². The molecule has 9 heteroatoms. The Balaban J connectivity index is 0.00000162. The summed E-state index contributed by atoms with van der Waals surface area (Å²) in [5.41, 5.74) is 5.58. The standard InChI is InChI=1S/C9H13N3O4S.ClH/c10-8(11)3-2-17-9(12-3)7-6(15)5(14)4(1-13)16-7;/h2,4-7,13-15H,1H2,(H3,10,11);1H/t4-,5-,6-,7-;/m1./s1. The number of aromatic nitrogens is 1. The first kappa shape index (κ1) is 15.3. The summed E-state index contributed by atoms with van der Waals surface area (Å²) in [6.45, 7) is -0.375. The lowest BCUT2D eigenvalue weighted by Gasteiger charge is -2.11. The Labute approximate surface area is 113 Å². The van der Waals surface area contributed by atoms with Crippen molar-refractivity contribution < 1.29 is 20.1 Å². The van der Waals surface area contributed by atoms with Gasteiger partial charge in [-0.2, -0.15) is 0 Å². The van der Waals surface area contributed by atoms with Gasteiger partial charge in [-0.1, -0.05) is 0 Å². The van der Waals surface area contributed by atoms with Crippen LogP contribution in [0.4, 0.5) is 0 Å². The molecule has 0 aromatic carbocycles. The Hall–Kier alpha value is -0.770. The smallest absolute Gasteiger partial charge is 0.142 e. The average Bonchev–Trinajstić information content (AvgIpc) is 2.87. The van der Waals surface area contributed by atoms with Gasteiger partial charge in [0, 0.05) is 5.38 Å². The maximum absolute atomic E-state index is 9.76. The molecule has 0 amide bonds. The highest BCUT2D eigenvalue weighted by Crippen LogP contribution is 2.34. The van der Waals surface area contributed by atoms with E-state index >= 15 is 0 Å². The molecule has 1 fully saturated rings. The van der Waals surface area contributed by atoms with Gasteiger partial charge < -0.3 is 25.8 Å². The molecule has 2 rings (SSSR count). The first-order chi connectivity index (χ1) is 8.04. The molecule has 102 valence electrons. The van der Waals surface area contributed by atoms with Gasteiger partial charge in [0.1, 0.15) is 41.0 Å². The van der Waals surface area contributed by atoms with Crippen LogP contribution in [-0.2, 0) is 4.74 Å². The van der Waals surface area contributed by atoms with Crippen molar-refractivity contribution in [1.82, 2.24) is 4.98 Å². The number of ether oxygens (including phenoxy) is 1. The quantitative estimate of drug-likeness (QED) is 0.359. The van der Waals surface area contributed by atoms with Crippen LogP contribution in [0.15, 0.2) is 5.38 Å². The van der Waals surface area contributed by atoms with Crippen molar-refractivity contribution in [2.24, 2.45) is 5.73 Å². The van der Waals surface area contributed by atoms with Crippen LogP contribution in [0.25, 0.3) is 0 Å². The summed E-state index contributed by atoms with van der Waals surface area (Å²) in [4.78, 5) is 4.04. The Morgan fingerprint density at radius 3 is 2.61 bits per heavy atom. The van der Waals surface area contributed by atoms with Crippen LogP contribution in [-0.4, -0.2) is 51.1 Å². The van der Waals surface area contributed by atoms with E-state index in [0.29, 0.717) is 10.7 Å². The maximum Gasteiger partial charge on any atom is 0.142 e. The molecule has 1 aromatic rings. The number of thiazole rings is 1. The van der Waals surface area contributed by atoms with Crippen molar-refractivity contribution in [3.8, 4) is 0 Å². The number of hydrogen-bond acceptors (Lipinski definition) is 7. The largest absolute Gasteiger partial charge is 0.394 e. The Morgan fingerprint density at radius 2 is 2.17 bits per heavy atom. The number of amidine groups is 1. The molecule has 6 N–H and O–H groups in total. The first-order valence-corrected chi connectivity index (χ1v) is 5.84. The molecule has 1 aliphatic rings. The van der Waals surface area contributed by atoms with E-state index in [9.17, 15) is 10.2 Å². The summed E-state index contributed by atoms with van der Waals surface area (Å²) < 4.78 is 5.30. The van der Waals surface area contributed by atoms with Crippen molar-refractivity contribution in [3.63, 3.8) is 0 Å². The van der Waals surface area contributed by atoms with Gasteiger partial charge in [0.2, 0.25) is 0 Å². The predicted octanol–water partition coefficient (Wildman–Crippen LogP) is -0.997. The Morgan fingerprint density at radius 1 is 1.50 bits per heavy atom. The van der Waals surface area contributed by atoms with Gasteiger partial charge in [0.25, 0.3) is 0 Å². The van der Waals surface area contributed by atoms with Crippen LogP contribution < -0.4 is 5.73 Å². The van der Waals surface area contributed by atoms with Crippen LogP contribution in [0.1, 0.15) is 16.8 Å². The van der Waals surface area contributed by atoms with Crippen molar-refractivity contribution in [2.45, 2.75) is 24.4 Å². The molecule has 0 bridgehead atoms. The highest BCUT2D eigenvalue weighted by molar-refractivity contribution is 7.09. The van der Waals surface area contributed by atoms with Gasteiger partial charge in [0.15, 0.2) is 0 Å². The van der Waals surface area contributed by atoms with Crippen LogP contribution in [0.2, 0.25) is 0 Å². The molecule has 4 atom stereocenters. The third-order valence-corrected chi connectivity index (χ3v) is 3.49. The minimum atomic E-state index is -1.14. The molecule has 2 heterocycles. The second kappa shape index (κ2) is 5.91. The number of nitrogens with two attached hydrogens (primary N) is 1. The second-order valence-electron chi connectivity index (χ2n) is 3.74.